The lowest BCUT2D eigenvalue weighted by Gasteiger charge is -2.27. The normalized spacial score (nSPS) is 12.1. The molecule has 0 saturated heterocycles. The van der Waals surface area contributed by atoms with Gasteiger partial charge < -0.3 is 9.32 Å². The Bertz CT molecular complexity index is 2750. The molecule has 56 heavy (non-hydrogen) atoms. The third kappa shape index (κ3) is 6.22. The molecule has 8 aromatic carbocycles. The first-order valence-electron chi connectivity index (χ1n) is 19.4. The Kier molecular flexibility index (Phi) is 8.70. The van der Waals surface area contributed by atoms with Gasteiger partial charge >= 0.3 is 0 Å². The van der Waals surface area contributed by atoms with Crippen LogP contribution in [0.5, 0.6) is 0 Å². The summed E-state index contributed by atoms with van der Waals surface area (Å²) < 4.78 is 6.84. The highest BCUT2D eigenvalue weighted by Gasteiger charge is 2.25. The van der Waals surface area contributed by atoms with Crippen LogP contribution in [0.2, 0.25) is 0 Å². The number of nitrogens with zero attached hydrogens (tertiary/aromatic N) is 1. The van der Waals surface area contributed by atoms with Gasteiger partial charge in [0.15, 0.2) is 0 Å². The van der Waals surface area contributed by atoms with Crippen LogP contribution in [0.25, 0.3) is 72.7 Å². The Morgan fingerprint density at radius 3 is 1.41 bits per heavy atom. The summed E-state index contributed by atoms with van der Waals surface area (Å²) in [5.41, 5.74) is 17.0. The van der Waals surface area contributed by atoms with Gasteiger partial charge in [0.25, 0.3) is 0 Å². The lowest BCUT2D eigenvalue weighted by Crippen LogP contribution is -2.10. The predicted octanol–water partition coefficient (Wildman–Crippen LogP) is 15.2. The zero-order valence-corrected chi connectivity index (χ0v) is 31.0. The highest BCUT2D eigenvalue weighted by molar-refractivity contribution is 6.12. The van der Waals surface area contributed by atoms with Crippen molar-refractivity contribution in [1.82, 2.24) is 0 Å². The van der Waals surface area contributed by atoms with Crippen LogP contribution >= 0.6 is 0 Å². The molecule has 2 heteroatoms. The van der Waals surface area contributed by atoms with Gasteiger partial charge in [-0.15, -0.1) is 0 Å². The van der Waals surface area contributed by atoms with E-state index >= 15 is 0 Å². The van der Waals surface area contributed by atoms with E-state index in [2.05, 4.69) is 217 Å². The number of benzene rings is 8. The summed E-state index contributed by atoms with van der Waals surface area (Å²) in [6, 6.07) is 71.9. The lowest BCUT2D eigenvalue weighted by atomic mass is 9.86. The van der Waals surface area contributed by atoms with E-state index in [0.717, 1.165) is 57.9 Å². The van der Waals surface area contributed by atoms with Crippen molar-refractivity contribution in [3.05, 3.63) is 218 Å². The fourth-order valence-corrected chi connectivity index (χ4v) is 8.26. The number of allylic oxidation sites excluding steroid dienone is 1. The topological polar surface area (TPSA) is 16.4 Å². The van der Waals surface area contributed by atoms with Gasteiger partial charge in [-0.25, -0.2) is 0 Å². The fraction of sp³-hybridized carbons (Fsp3) is 0.0370. The van der Waals surface area contributed by atoms with Gasteiger partial charge in [-0.2, -0.15) is 0 Å². The van der Waals surface area contributed by atoms with Crippen molar-refractivity contribution in [2.24, 2.45) is 0 Å². The molecule has 0 saturated carbocycles. The lowest BCUT2D eigenvalue weighted by molar-refractivity contribution is 0.547. The van der Waals surface area contributed by atoms with Crippen LogP contribution in [0.4, 0.5) is 17.1 Å². The van der Waals surface area contributed by atoms with Gasteiger partial charge in [0, 0.05) is 45.6 Å². The Morgan fingerprint density at radius 2 is 0.857 bits per heavy atom. The Balaban J connectivity index is 1.22. The number of hydrogen-bond acceptors (Lipinski definition) is 2. The summed E-state index contributed by atoms with van der Waals surface area (Å²) in [5, 5.41) is 1.17. The molecule has 2 nitrogen and oxygen atoms in total. The molecule has 0 radical (unpaired) electrons. The molecular weight excluding hydrogens is 679 g/mol. The zero-order chi connectivity index (χ0) is 37.3. The Morgan fingerprint density at radius 1 is 0.393 bits per heavy atom. The zero-order valence-electron chi connectivity index (χ0n) is 31.0. The van der Waals surface area contributed by atoms with Gasteiger partial charge in [-0.1, -0.05) is 170 Å². The van der Waals surface area contributed by atoms with Crippen molar-refractivity contribution in [2.75, 3.05) is 4.90 Å². The van der Waals surface area contributed by atoms with Crippen molar-refractivity contribution in [1.29, 1.82) is 0 Å². The number of fused-ring (bicyclic) bond motifs is 3. The first-order valence-corrected chi connectivity index (χ1v) is 19.4. The molecule has 9 aromatic rings. The quantitative estimate of drug-likeness (QED) is 0.156. The maximum Gasteiger partial charge on any atom is 0.143 e. The molecule has 0 amide bonds. The number of furan rings is 1. The van der Waals surface area contributed by atoms with E-state index in [1.165, 1.54) is 49.9 Å². The third-order valence-corrected chi connectivity index (χ3v) is 10.9. The molecule has 0 spiro atoms. The molecule has 0 atom stereocenters. The summed E-state index contributed by atoms with van der Waals surface area (Å²) in [4.78, 5) is 2.39. The summed E-state index contributed by atoms with van der Waals surface area (Å²) in [6.45, 7) is 0. The molecule has 1 heterocycles. The fourth-order valence-electron chi connectivity index (χ4n) is 8.26. The van der Waals surface area contributed by atoms with E-state index in [-0.39, 0.29) is 0 Å². The van der Waals surface area contributed by atoms with E-state index < -0.39 is 0 Å². The van der Waals surface area contributed by atoms with Gasteiger partial charge in [0.1, 0.15) is 11.3 Å². The van der Waals surface area contributed by atoms with Gasteiger partial charge in [0.2, 0.25) is 0 Å². The number of aryl methyl sites for hydroxylation is 1. The molecule has 0 fully saturated rings. The van der Waals surface area contributed by atoms with Crippen molar-refractivity contribution in [3.63, 3.8) is 0 Å². The molecule has 0 bridgehead atoms. The smallest absolute Gasteiger partial charge is 0.143 e. The third-order valence-electron chi connectivity index (χ3n) is 10.9. The van der Waals surface area contributed by atoms with Crippen LogP contribution in [0, 0.1) is 0 Å². The van der Waals surface area contributed by atoms with E-state index in [9.17, 15) is 0 Å². The predicted molar refractivity (Wildman–Crippen MR) is 235 cm³/mol. The highest BCUT2D eigenvalue weighted by Crippen LogP contribution is 2.48. The SMILES string of the molecule is C1=Cc2c(oc3c(-c4ccccc4)cc(-c4cccc(N(c5cccc(-c6ccccc6)c5)c5cccc(-c6ccccc6)c5)c4)c(-c4ccccc4)c23)CC1. The van der Waals surface area contributed by atoms with E-state index in [1.807, 2.05) is 0 Å². The van der Waals surface area contributed by atoms with E-state index in [4.69, 9.17) is 4.42 Å². The molecule has 1 aliphatic carbocycles. The van der Waals surface area contributed by atoms with Crippen LogP contribution in [0.3, 0.4) is 0 Å². The minimum atomic E-state index is 0.896. The summed E-state index contributed by atoms with van der Waals surface area (Å²) in [7, 11) is 0. The summed E-state index contributed by atoms with van der Waals surface area (Å²) in [5.74, 6) is 1.06. The molecule has 0 aliphatic heterocycles. The molecule has 0 N–H and O–H groups in total. The molecular formula is C54H39NO. The first kappa shape index (κ1) is 33.4. The van der Waals surface area contributed by atoms with Crippen LogP contribution in [0.15, 0.2) is 211 Å². The van der Waals surface area contributed by atoms with E-state index in [1.54, 1.807) is 0 Å². The van der Waals surface area contributed by atoms with Crippen molar-refractivity contribution in [2.45, 2.75) is 12.8 Å². The second-order valence-corrected chi connectivity index (χ2v) is 14.4. The monoisotopic (exact) mass is 717 g/mol. The molecule has 0 unspecified atom stereocenters. The van der Waals surface area contributed by atoms with Crippen LogP contribution < -0.4 is 4.90 Å². The van der Waals surface area contributed by atoms with Gasteiger partial charge in [0.05, 0.1) is 0 Å². The minimum Gasteiger partial charge on any atom is -0.460 e. The van der Waals surface area contributed by atoms with Crippen LogP contribution in [-0.4, -0.2) is 0 Å². The number of rotatable bonds is 8. The summed E-state index contributed by atoms with van der Waals surface area (Å²) in [6.07, 6.45) is 6.43. The van der Waals surface area contributed by atoms with Crippen molar-refractivity contribution >= 4 is 34.1 Å². The number of hydrogen-bond donors (Lipinski definition) is 0. The number of anilines is 3. The first-order chi connectivity index (χ1) is 27.8. The van der Waals surface area contributed by atoms with Crippen LogP contribution in [-0.2, 0) is 6.42 Å². The Labute approximate surface area is 328 Å². The largest absolute Gasteiger partial charge is 0.460 e. The molecule has 10 rings (SSSR count). The van der Waals surface area contributed by atoms with Crippen molar-refractivity contribution < 1.29 is 4.42 Å². The second-order valence-electron chi connectivity index (χ2n) is 14.4. The molecule has 1 aromatic heterocycles. The van der Waals surface area contributed by atoms with Crippen molar-refractivity contribution in [3.8, 4) is 55.6 Å². The highest BCUT2D eigenvalue weighted by atomic mass is 16.3. The van der Waals surface area contributed by atoms with Gasteiger partial charge in [-0.3, -0.25) is 0 Å². The van der Waals surface area contributed by atoms with Crippen LogP contribution in [0.1, 0.15) is 17.7 Å². The standard InChI is InChI=1S/C54H39NO/c1-5-18-38(19-6-1)42-26-15-29-45(34-42)55(46-30-16-27-43(35-46)39-20-7-2-8-21-39)47-31-17-28-44(36-47)49-37-50(40-22-9-3-10-23-40)54-53(48-32-13-14-33-51(48)56-54)52(49)41-24-11-4-12-25-41/h1-13,15-32,34-37H,14,33H2. The van der Waals surface area contributed by atoms with Gasteiger partial charge in [-0.05, 0) is 93.4 Å². The Hall–Kier alpha value is -7.16. The average molecular weight is 718 g/mol. The second kappa shape index (κ2) is 14.6. The molecule has 1 aliphatic rings. The average Bonchev–Trinajstić information content (AvgIpc) is 3.67. The molecule has 266 valence electrons. The summed E-state index contributed by atoms with van der Waals surface area (Å²) >= 11 is 0. The van der Waals surface area contributed by atoms with E-state index in [0.29, 0.717) is 0 Å². The maximum absolute atomic E-state index is 6.84. The maximum atomic E-state index is 6.84. The minimum absolute atomic E-state index is 0.896.